The number of piperidine rings is 1. The predicted molar refractivity (Wildman–Crippen MR) is 83.7 cm³/mol. The van der Waals surface area contributed by atoms with E-state index in [1.807, 2.05) is 11.6 Å². The molecule has 1 fully saturated rings. The molecular weight excluding hydrogens is 294 g/mol. The first-order valence-corrected chi connectivity index (χ1v) is 9.54. The fourth-order valence-electron chi connectivity index (χ4n) is 2.70. The average Bonchev–Trinajstić information content (AvgIpc) is 3.00. The number of thiazole rings is 1. The Kier molecular flexibility index (Phi) is 5.04. The molecule has 1 aliphatic rings. The lowest BCUT2D eigenvalue weighted by Gasteiger charge is -2.37. The van der Waals surface area contributed by atoms with E-state index in [0.29, 0.717) is 25.0 Å². The fourth-order valence-corrected chi connectivity index (χ4v) is 4.53. The molecule has 0 radical (unpaired) electrons. The maximum absolute atomic E-state index is 11.9. The molecule has 1 aliphatic heterocycles. The Bertz CT molecular complexity index is 508. The smallest absolute Gasteiger partial charge is 0.213 e. The minimum Gasteiger partial charge on any atom is -0.348 e. The van der Waals surface area contributed by atoms with Crippen LogP contribution in [0.25, 0.3) is 0 Å². The molecule has 7 heteroatoms. The third-order valence-corrected chi connectivity index (χ3v) is 7.01. The van der Waals surface area contributed by atoms with Crippen LogP contribution >= 0.6 is 11.3 Å². The molecule has 114 valence electrons. The highest BCUT2D eigenvalue weighted by Gasteiger charge is 2.31. The van der Waals surface area contributed by atoms with Crippen molar-refractivity contribution in [2.24, 2.45) is 5.92 Å². The Morgan fingerprint density at radius 1 is 1.50 bits per heavy atom. The summed E-state index contributed by atoms with van der Waals surface area (Å²) in [5.74, 6) is 0.721. The molecule has 5 nitrogen and oxygen atoms in total. The van der Waals surface area contributed by atoms with Gasteiger partial charge in [0.05, 0.1) is 5.75 Å². The van der Waals surface area contributed by atoms with E-state index in [0.717, 1.165) is 18.0 Å². The molecule has 0 aliphatic carbocycles. The monoisotopic (exact) mass is 317 g/mol. The van der Waals surface area contributed by atoms with Crippen molar-refractivity contribution in [1.82, 2.24) is 9.29 Å². The van der Waals surface area contributed by atoms with Crippen molar-refractivity contribution in [3.05, 3.63) is 11.6 Å². The maximum Gasteiger partial charge on any atom is 0.213 e. The van der Waals surface area contributed by atoms with Gasteiger partial charge in [-0.15, -0.1) is 11.3 Å². The van der Waals surface area contributed by atoms with E-state index in [1.165, 1.54) is 0 Å². The van der Waals surface area contributed by atoms with Gasteiger partial charge in [0.25, 0.3) is 0 Å². The van der Waals surface area contributed by atoms with Crippen molar-refractivity contribution < 1.29 is 8.42 Å². The van der Waals surface area contributed by atoms with Crippen molar-refractivity contribution in [3.63, 3.8) is 0 Å². The first-order valence-electron chi connectivity index (χ1n) is 7.06. The molecular formula is C13H23N3O2S2. The van der Waals surface area contributed by atoms with E-state index in [-0.39, 0.29) is 5.75 Å². The second-order valence-corrected chi connectivity index (χ2v) is 8.43. The van der Waals surface area contributed by atoms with Crippen molar-refractivity contribution in [3.8, 4) is 0 Å². The largest absolute Gasteiger partial charge is 0.348 e. The van der Waals surface area contributed by atoms with Crippen LogP contribution in [0.3, 0.4) is 0 Å². The summed E-state index contributed by atoms with van der Waals surface area (Å²) in [5.41, 5.74) is 0. The molecule has 0 saturated carbocycles. The summed E-state index contributed by atoms with van der Waals surface area (Å²) in [6, 6.07) is 0.382. The van der Waals surface area contributed by atoms with Gasteiger partial charge in [0.2, 0.25) is 10.0 Å². The first-order chi connectivity index (χ1) is 9.45. The van der Waals surface area contributed by atoms with Gasteiger partial charge in [-0.3, -0.25) is 0 Å². The maximum atomic E-state index is 11.9. The number of sulfonamides is 1. The lowest BCUT2D eigenvalue weighted by molar-refractivity contribution is 0.248. The van der Waals surface area contributed by atoms with Gasteiger partial charge in [-0.1, -0.05) is 0 Å². The Morgan fingerprint density at radius 2 is 2.15 bits per heavy atom. The summed E-state index contributed by atoms with van der Waals surface area (Å²) in [6.45, 7) is 5.21. The third kappa shape index (κ3) is 3.32. The zero-order valence-corrected chi connectivity index (χ0v) is 14.0. The molecule has 1 atom stereocenters. The molecule has 2 rings (SSSR count). The van der Waals surface area contributed by atoms with E-state index >= 15 is 0 Å². The Balaban J connectivity index is 1.94. The van der Waals surface area contributed by atoms with Crippen LogP contribution in [0, 0.1) is 5.92 Å². The van der Waals surface area contributed by atoms with Crippen molar-refractivity contribution in [1.29, 1.82) is 0 Å². The zero-order valence-electron chi connectivity index (χ0n) is 12.3. The van der Waals surface area contributed by atoms with Crippen LogP contribution in [0.1, 0.15) is 26.7 Å². The van der Waals surface area contributed by atoms with Crippen LogP contribution in [0.2, 0.25) is 0 Å². The van der Waals surface area contributed by atoms with Gasteiger partial charge >= 0.3 is 0 Å². The SMILES string of the molecule is CCS(=O)(=O)N1CCC([C@H](C)N(C)c2nccs2)CC1. The van der Waals surface area contributed by atoms with E-state index in [9.17, 15) is 8.42 Å². The summed E-state index contributed by atoms with van der Waals surface area (Å²) in [4.78, 5) is 6.55. The van der Waals surface area contributed by atoms with E-state index in [2.05, 4.69) is 23.9 Å². The van der Waals surface area contributed by atoms with Crippen LogP contribution < -0.4 is 4.90 Å². The lowest BCUT2D eigenvalue weighted by atomic mass is 9.90. The highest BCUT2D eigenvalue weighted by molar-refractivity contribution is 7.89. The van der Waals surface area contributed by atoms with Crippen molar-refractivity contribution >= 4 is 26.5 Å². The summed E-state index contributed by atoms with van der Waals surface area (Å²) < 4.78 is 25.4. The van der Waals surface area contributed by atoms with E-state index in [1.54, 1.807) is 22.6 Å². The second-order valence-electron chi connectivity index (χ2n) is 5.30. The van der Waals surface area contributed by atoms with Crippen LogP contribution in [-0.4, -0.2) is 49.6 Å². The molecule has 0 N–H and O–H groups in total. The van der Waals surface area contributed by atoms with Crippen LogP contribution in [0.4, 0.5) is 5.13 Å². The van der Waals surface area contributed by atoms with Crippen LogP contribution in [-0.2, 0) is 10.0 Å². The van der Waals surface area contributed by atoms with Gasteiger partial charge in [-0.2, -0.15) is 0 Å². The number of rotatable bonds is 5. The highest BCUT2D eigenvalue weighted by Crippen LogP contribution is 2.28. The minimum absolute atomic E-state index is 0.201. The van der Waals surface area contributed by atoms with E-state index < -0.39 is 10.0 Å². The summed E-state index contributed by atoms with van der Waals surface area (Å²) in [7, 11) is -0.956. The quantitative estimate of drug-likeness (QED) is 0.834. The molecule has 0 unspecified atom stereocenters. The average molecular weight is 317 g/mol. The summed E-state index contributed by atoms with van der Waals surface area (Å²) in [6.07, 6.45) is 3.67. The first kappa shape index (κ1) is 15.7. The zero-order chi connectivity index (χ0) is 14.8. The second kappa shape index (κ2) is 6.41. The molecule has 1 aromatic rings. The molecule has 1 saturated heterocycles. The number of hydrogen-bond acceptors (Lipinski definition) is 5. The minimum atomic E-state index is -3.02. The lowest BCUT2D eigenvalue weighted by Crippen LogP contribution is -2.45. The number of anilines is 1. The summed E-state index contributed by atoms with van der Waals surface area (Å²) in [5, 5.41) is 3.01. The molecule has 0 aromatic carbocycles. The Labute approximate surface area is 125 Å². The number of nitrogens with zero attached hydrogens (tertiary/aromatic N) is 3. The molecule has 0 bridgehead atoms. The molecule has 0 amide bonds. The fraction of sp³-hybridized carbons (Fsp3) is 0.769. The van der Waals surface area contributed by atoms with Gasteiger partial charge in [-0.05, 0) is 32.6 Å². The summed E-state index contributed by atoms with van der Waals surface area (Å²) >= 11 is 1.64. The van der Waals surface area contributed by atoms with Gasteiger partial charge in [0.15, 0.2) is 5.13 Å². The Morgan fingerprint density at radius 3 is 2.65 bits per heavy atom. The predicted octanol–water partition coefficient (Wildman–Crippen LogP) is 2.03. The standard InChI is InChI=1S/C13H23N3O2S2/c1-4-20(17,18)16-8-5-12(6-9-16)11(2)15(3)13-14-7-10-19-13/h7,10-12H,4-6,8-9H2,1-3H3/t11-/m0/s1. The van der Waals surface area contributed by atoms with Crippen LogP contribution in [0.5, 0.6) is 0 Å². The van der Waals surface area contributed by atoms with Gasteiger partial charge in [-0.25, -0.2) is 17.7 Å². The van der Waals surface area contributed by atoms with Gasteiger partial charge in [0, 0.05) is 37.8 Å². The van der Waals surface area contributed by atoms with Gasteiger partial charge < -0.3 is 4.90 Å². The topological polar surface area (TPSA) is 53.5 Å². The highest BCUT2D eigenvalue weighted by atomic mass is 32.2. The molecule has 20 heavy (non-hydrogen) atoms. The number of hydrogen-bond donors (Lipinski definition) is 0. The molecule has 1 aromatic heterocycles. The Hall–Kier alpha value is -0.660. The third-order valence-electron chi connectivity index (χ3n) is 4.27. The van der Waals surface area contributed by atoms with Crippen molar-refractivity contribution in [2.45, 2.75) is 32.7 Å². The van der Waals surface area contributed by atoms with Gasteiger partial charge in [0.1, 0.15) is 0 Å². The van der Waals surface area contributed by atoms with Crippen LogP contribution in [0.15, 0.2) is 11.6 Å². The van der Waals surface area contributed by atoms with Crippen molar-refractivity contribution in [2.75, 3.05) is 30.8 Å². The number of aromatic nitrogens is 1. The molecule has 0 spiro atoms. The van der Waals surface area contributed by atoms with E-state index in [4.69, 9.17) is 0 Å². The molecule has 2 heterocycles. The normalized spacial score (nSPS) is 19.9.